The van der Waals surface area contributed by atoms with Gasteiger partial charge in [0, 0.05) is 7.05 Å². The summed E-state index contributed by atoms with van der Waals surface area (Å²) in [5.41, 5.74) is 3.56. The van der Waals surface area contributed by atoms with Crippen LogP contribution in [0.2, 0.25) is 0 Å². The van der Waals surface area contributed by atoms with Crippen molar-refractivity contribution in [3.05, 3.63) is 57.1 Å². The maximum atomic E-state index is 12.5. The van der Waals surface area contributed by atoms with E-state index in [1.165, 1.54) is 18.9 Å². The number of hydrogen-bond donors (Lipinski definition) is 1. The molecule has 134 valence electrons. The van der Waals surface area contributed by atoms with Crippen molar-refractivity contribution in [2.75, 3.05) is 20.8 Å². The highest BCUT2D eigenvalue weighted by atomic mass is 32.2. The number of benzene rings is 1. The summed E-state index contributed by atoms with van der Waals surface area (Å²) in [5, 5.41) is 3.50. The van der Waals surface area contributed by atoms with E-state index in [1.807, 2.05) is 31.2 Å². The number of hydrogen-bond acceptors (Lipinski definition) is 6. The normalized spacial score (nSPS) is 17.4. The minimum Gasteiger partial charge on any atom is -0.466 e. The fraction of sp³-hybridized carbons (Fsp3) is 0.368. The van der Waals surface area contributed by atoms with Gasteiger partial charge in [0.25, 0.3) is 0 Å². The summed E-state index contributed by atoms with van der Waals surface area (Å²) in [7, 11) is 3.10. The average Bonchev–Trinajstić information content (AvgIpc) is 2.61. The summed E-state index contributed by atoms with van der Waals surface area (Å²) in [6, 6.07) is 7.99. The van der Waals surface area contributed by atoms with Crippen LogP contribution in [0.25, 0.3) is 0 Å². The molecular weight excluding hydrogens is 338 g/mol. The molecule has 0 bridgehead atoms. The largest absolute Gasteiger partial charge is 0.466 e. The second-order valence-electron chi connectivity index (χ2n) is 5.61. The van der Waals surface area contributed by atoms with E-state index in [4.69, 9.17) is 9.47 Å². The molecular formula is C19H23NO4S. The Hall–Kier alpha value is -2.21. The molecule has 1 unspecified atom stereocenters. The first-order valence-corrected chi connectivity index (χ1v) is 8.94. The summed E-state index contributed by atoms with van der Waals surface area (Å²) >= 11 is 1.42. The van der Waals surface area contributed by atoms with E-state index in [0.717, 1.165) is 11.1 Å². The fourth-order valence-corrected chi connectivity index (χ4v) is 4.11. The van der Waals surface area contributed by atoms with Crippen molar-refractivity contribution in [1.29, 1.82) is 0 Å². The zero-order valence-corrected chi connectivity index (χ0v) is 16.0. The Kier molecular flexibility index (Phi) is 6.31. The summed E-state index contributed by atoms with van der Waals surface area (Å²) in [6.07, 6.45) is 0. The zero-order valence-electron chi connectivity index (χ0n) is 15.1. The van der Waals surface area contributed by atoms with E-state index in [1.54, 1.807) is 20.9 Å². The van der Waals surface area contributed by atoms with Crippen molar-refractivity contribution in [2.24, 2.45) is 0 Å². The Bertz CT molecular complexity index is 734. The Morgan fingerprint density at radius 1 is 1.16 bits per heavy atom. The van der Waals surface area contributed by atoms with Gasteiger partial charge in [-0.25, -0.2) is 9.59 Å². The molecule has 5 nitrogen and oxygen atoms in total. The maximum Gasteiger partial charge on any atom is 0.341 e. The van der Waals surface area contributed by atoms with Crippen LogP contribution in [0, 0.1) is 6.92 Å². The lowest BCUT2D eigenvalue weighted by Crippen LogP contribution is -2.25. The molecule has 25 heavy (non-hydrogen) atoms. The van der Waals surface area contributed by atoms with Crippen LogP contribution < -0.4 is 5.32 Å². The number of ether oxygens (including phenoxy) is 2. The predicted molar refractivity (Wildman–Crippen MR) is 98.9 cm³/mol. The fourth-order valence-electron chi connectivity index (χ4n) is 2.72. The molecule has 0 amide bonds. The first-order chi connectivity index (χ1) is 11.9. The smallest absolute Gasteiger partial charge is 0.341 e. The Morgan fingerprint density at radius 3 is 2.32 bits per heavy atom. The number of thioether (sulfide) groups is 1. The Balaban J connectivity index is 2.60. The van der Waals surface area contributed by atoms with Crippen LogP contribution in [0.15, 0.2) is 46.0 Å². The highest BCUT2D eigenvalue weighted by Gasteiger charge is 2.36. The van der Waals surface area contributed by atoms with E-state index >= 15 is 0 Å². The lowest BCUT2D eigenvalue weighted by atomic mass is 9.94. The molecule has 1 aromatic rings. The van der Waals surface area contributed by atoms with Crippen LogP contribution in [-0.2, 0) is 19.1 Å². The molecule has 6 heteroatoms. The highest BCUT2D eigenvalue weighted by Crippen LogP contribution is 2.47. The summed E-state index contributed by atoms with van der Waals surface area (Å²) in [6.45, 7) is 5.80. The molecule has 1 aliphatic heterocycles. The van der Waals surface area contributed by atoms with Gasteiger partial charge >= 0.3 is 11.9 Å². The third kappa shape index (κ3) is 3.90. The predicted octanol–water partition coefficient (Wildman–Crippen LogP) is 3.27. The second kappa shape index (κ2) is 8.25. The molecule has 1 atom stereocenters. The van der Waals surface area contributed by atoms with Crippen molar-refractivity contribution in [1.82, 2.24) is 5.32 Å². The lowest BCUT2D eigenvalue weighted by molar-refractivity contribution is -0.138. The quantitative estimate of drug-likeness (QED) is 0.812. The van der Waals surface area contributed by atoms with Gasteiger partial charge in [-0.15, -0.1) is 0 Å². The molecule has 0 fully saturated rings. The van der Waals surface area contributed by atoms with Crippen LogP contribution in [0.5, 0.6) is 0 Å². The topological polar surface area (TPSA) is 64.6 Å². The third-order valence-corrected chi connectivity index (χ3v) is 5.38. The van der Waals surface area contributed by atoms with Gasteiger partial charge in [0.05, 0.1) is 35.1 Å². The molecule has 1 aromatic carbocycles. The van der Waals surface area contributed by atoms with E-state index in [0.29, 0.717) is 21.7 Å². The molecule has 1 N–H and O–H groups in total. The van der Waals surface area contributed by atoms with Gasteiger partial charge in [0.2, 0.25) is 0 Å². The maximum absolute atomic E-state index is 12.5. The zero-order chi connectivity index (χ0) is 18.6. The third-order valence-electron chi connectivity index (χ3n) is 4.00. The van der Waals surface area contributed by atoms with Gasteiger partial charge in [-0.05, 0) is 31.9 Å². The molecule has 0 spiro atoms. The molecule has 0 aliphatic carbocycles. The number of aryl methyl sites for hydroxylation is 1. The number of carbonyl (C=O) groups excluding carboxylic acids is 2. The number of esters is 2. The van der Waals surface area contributed by atoms with Gasteiger partial charge < -0.3 is 14.8 Å². The van der Waals surface area contributed by atoms with E-state index in [2.05, 4.69) is 5.32 Å². The first-order valence-electron chi connectivity index (χ1n) is 8.06. The highest BCUT2D eigenvalue weighted by molar-refractivity contribution is 8.03. The summed E-state index contributed by atoms with van der Waals surface area (Å²) < 4.78 is 10.2. The average molecular weight is 361 g/mol. The molecule has 0 aromatic heterocycles. The van der Waals surface area contributed by atoms with Gasteiger partial charge in [-0.2, -0.15) is 0 Å². The van der Waals surface area contributed by atoms with Crippen molar-refractivity contribution >= 4 is 23.7 Å². The molecule has 1 heterocycles. The minimum atomic E-state index is -0.444. The van der Waals surface area contributed by atoms with E-state index < -0.39 is 11.9 Å². The molecule has 0 saturated carbocycles. The molecule has 1 aliphatic rings. The van der Waals surface area contributed by atoms with Crippen LogP contribution in [-0.4, -0.2) is 32.7 Å². The minimum absolute atomic E-state index is 0.256. The van der Waals surface area contributed by atoms with Gasteiger partial charge in [-0.1, -0.05) is 41.6 Å². The lowest BCUT2D eigenvalue weighted by Gasteiger charge is -2.29. The molecule has 2 rings (SSSR count). The molecule has 0 saturated heterocycles. The van der Waals surface area contributed by atoms with Crippen molar-refractivity contribution in [2.45, 2.75) is 26.0 Å². The van der Waals surface area contributed by atoms with Crippen LogP contribution in [0.1, 0.15) is 30.2 Å². The van der Waals surface area contributed by atoms with Gasteiger partial charge in [-0.3, -0.25) is 0 Å². The first kappa shape index (κ1) is 19.1. The Morgan fingerprint density at radius 2 is 1.80 bits per heavy atom. The summed E-state index contributed by atoms with van der Waals surface area (Å²) in [5.74, 6) is -0.881. The number of carbonyl (C=O) groups is 2. The van der Waals surface area contributed by atoms with Crippen LogP contribution in [0.4, 0.5) is 0 Å². The SMILES string of the molecule is CCOC(=O)C1=C(NC)SC(c2ccc(C)cc2)C(C(=O)OC)=C1C. The van der Waals surface area contributed by atoms with Crippen LogP contribution >= 0.6 is 11.8 Å². The number of rotatable bonds is 5. The number of nitrogens with one attached hydrogen (secondary N) is 1. The van der Waals surface area contributed by atoms with Crippen molar-refractivity contribution in [3.63, 3.8) is 0 Å². The van der Waals surface area contributed by atoms with Crippen molar-refractivity contribution in [3.8, 4) is 0 Å². The van der Waals surface area contributed by atoms with Crippen LogP contribution in [0.3, 0.4) is 0 Å². The van der Waals surface area contributed by atoms with Gasteiger partial charge in [0.15, 0.2) is 0 Å². The van der Waals surface area contributed by atoms with E-state index in [-0.39, 0.29) is 11.9 Å². The van der Waals surface area contributed by atoms with Crippen molar-refractivity contribution < 1.29 is 19.1 Å². The second-order valence-corrected chi connectivity index (χ2v) is 6.73. The molecule has 0 radical (unpaired) electrons. The van der Waals surface area contributed by atoms with E-state index in [9.17, 15) is 9.59 Å². The Labute approximate surface area is 152 Å². The van der Waals surface area contributed by atoms with Gasteiger partial charge in [0.1, 0.15) is 0 Å². The number of methoxy groups -OCH3 is 1. The summed E-state index contributed by atoms with van der Waals surface area (Å²) in [4.78, 5) is 24.9. The standard InChI is InChI=1S/C19H23NO4S/c1-6-24-19(22)15-12(3)14(18(21)23-5)16(25-17(15)20-4)13-9-7-11(2)8-10-13/h7-10,16,20H,6H2,1-5H3. The monoisotopic (exact) mass is 361 g/mol.